The number of nitrogens with two attached hydrogens (primary N) is 2. The summed E-state index contributed by atoms with van der Waals surface area (Å²) in [4.78, 5) is 0. The molecule has 2 atom stereocenters. The molecule has 0 aromatic carbocycles. The van der Waals surface area contributed by atoms with E-state index in [9.17, 15) is 0 Å². The third-order valence-corrected chi connectivity index (χ3v) is 1.64. The summed E-state index contributed by atoms with van der Waals surface area (Å²) >= 11 is 0. The maximum atomic E-state index is 5.71. The SMILES string of the molecule is CCCC(N)C(N)CC. The fraction of sp³-hybridized carbons (Fsp3) is 1.00. The number of rotatable bonds is 4. The minimum Gasteiger partial charge on any atom is -0.326 e. The zero-order chi connectivity index (χ0) is 7.28. The molecule has 0 bridgehead atoms. The highest BCUT2D eigenvalue weighted by Gasteiger charge is 2.08. The van der Waals surface area contributed by atoms with Crippen molar-refractivity contribution in [1.29, 1.82) is 0 Å². The minimum absolute atomic E-state index is 0.199. The smallest absolute Gasteiger partial charge is 0.0192 e. The van der Waals surface area contributed by atoms with Crippen molar-refractivity contribution in [2.24, 2.45) is 11.5 Å². The molecule has 9 heavy (non-hydrogen) atoms. The van der Waals surface area contributed by atoms with Crippen molar-refractivity contribution in [2.75, 3.05) is 0 Å². The maximum Gasteiger partial charge on any atom is 0.0192 e. The Bertz CT molecular complexity index is 63.9. The van der Waals surface area contributed by atoms with Crippen LogP contribution in [0.25, 0.3) is 0 Å². The molecule has 0 aliphatic heterocycles. The van der Waals surface area contributed by atoms with Crippen LogP contribution in [0.2, 0.25) is 0 Å². The van der Waals surface area contributed by atoms with Crippen LogP contribution in [-0.4, -0.2) is 12.1 Å². The third kappa shape index (κ3) is 3.49. The predicted octanol–water partition coefficient (Wildman–Crippen LogP) is 0.851. The summed E-state index contributed by atoms with van der Waals surface area (Å²) in [6, 6.07) is 0.407. The second-order valence-electron chi connectivity index (χ2n) is 2.52. The summed E-state index contributed by atoms with van der Waals surface area (Å²) < 4.78 is 0. The molecule has 2 unspecified atom stereocenters. The first-order valence-electron chi connectivity index (χ1n) is 3.73. The molecule has 2 nitrogen and oxygen atoms in total. The molecule has 0 fully saturated rings. The molecule has 0 aromatic rings. The molecular formula is C7H18N2. The summed E-state index contributed by atoms with van der Waals surface area (Å²) in [5.74, 6) is 0. The van der Waals surface area contributed by atoms with Crippen molar-refractivity contribution in [1.82, 2.24) is 0 Å². The van der Waals surface area contributed by atoms with Crippen molar-refractivity contribution in [2.45, 2.75) is 45.2 Å². The summed E-state index contributed by atoms with van der Waals surface area (Å²) in [5, 5.41) is 0. The van der Waals surface area contributed by atoms with Crippen molar-refractivity contribution in [3.8, 4) is 0 Å². The molecule has 0 saturated heterocycles. The second-order valence-corrected chi connectivity index (χ2v) is 2.52. The Morgan fingerprint density at radius 1 is 1.11 bits per heavy atom. The number of hydrogen-bond acceptors (Lipinski definition) is 2. The lowest BCUT2D eigenvalue weighted by atomic mass is 10.0. The highest BCUT2D eigenvalue weighted by molar-refractivity contribution is 4.73. The topological polar surface area (TPSA) is 52.0 Å². The lowest BCUT2D eigenvalue weighted by molar-refractivity contribution is 0.479. The molecule has 0 amide bonds. The van der Waals surface area contributed by atoms with Crippen LogP contribution in [0.15, 0.2) is 0 Å². The van der Waals surface area contributed by atoms with E-state index in [0.29, 0.717) is 0 Å². The standard InChI is InChI=1S/C7H18N2/c1-3-5-7(9)6(8)4-2/h6-7H,3-5,8-9H2,1-2H3. The maximum absolute atomic E-state index is 5.71. The molecule has 0 aliphatic carbocycles. The van der Waals surface area contributed by atoms with Crippen LogP contribution in [0.3, 0.4) is 0 Å². The van der Waals surface area contributed by atoms with Gasteiger partial charge in [-0.3, -0.25) is 0 Å². The van der Waals surface area contributed by atoms with Crippen LogP contribution in [0.4, 0.5) is 0 Å². The van der Waals surface area contributed by atoms with Gasteiger partial charge in [-0.2, -0.15) is 0 Å². The Morgan fingerprint density at radius 2 is 1.67 bits per heavy atom. The van der Waals surface area contributed by atoms with E-state index in [1.165, 1.54) is 0 Å². The van der Waals surface area contributed by atoms with E-state index in [0.717, 1.165) is 19.3 Å². The van der Waals surface area contributed by atoms with Crippen LogP contribution in [0, 0.1) is 0 Å². The Balaban J connectivity index is 3.32. The highest BCUT2D eigenvalue weighted by Crippen LogP contribution is 1.99. The Morgan fingerprint density at radius 3 is 2.00 bits per heavy atom. The monoisotopic (exact) mass is 130 g/mol. The van der Waals surface area contributed by atoms with Crippen LogP contribution in [-0.2, 0) is 0 Å². The third-order valence-electron chi connectivity index (χ3n) is 1.64. The van der Waals surface area contributed by atoms with E-state index in [1.54, 1.807) is 0 Å². The first-order valence-corrected chi connectivity index (χ1v) is 3.73. The van der Waals surface area contributed by atoms with Crippen LogP contribution in [0.1, 0.15) is 33.1 Å². The number of hydrogen-bond donors (Lipinski definition) is 2. The van der Waals surface area contributed by atoms with Gasteiger partial charge in [0.1, 0.15) is 0 Å². The molecule has 0 radical (unpaired) electrons. The summed E-state index contributed by atoms with van der Waals surface area (Å²) in [5.41, 5.74) is 11.4. The van der Waals surface area contributed by atoms with Crippen LogP contribution >= 0.6 is 0 Å². The van der Waals surface area contributed by atoms with Gasteiger partial charge in [0.05, 0.1) is 0 Å². The van der Waals surface area contributed by atoms with Gasteiger partial charge in [-0.05, 0) is 12.8 Å². The fourth-order valence-electron chi connectivity index (χ4n) is 0.850. The van der Waals surface area contributed by atoms with Gasteiger partial charge >= 0.3 is 0 Å². The van der Waals surface area contributed by atoms with Gasteiger partial charge < -0.3 is 11.5 Å². The molecule has 56 valence electrons. The van der Waals surface area contributed by atoms with Crippen molar-refractivity contribution in [3.05, 3.63) is 0 Å². The van der Waals surface area contributed by atoms with E-state index in [4.69, 9.17) is 11.5 Å². The highest BCUT2D eigenvalue weighted by atomic mass is 14.8. The molecule has 4 N–H and O–H groups in total. The molecular weight excluding hydrogens is 112 g/mol. The average Bonchev–Trinajstić information content (AvgIpc) is 1.87. The zero-order valence-electron chi connectivity index (χ0n) is 6.43. The molecule has 0 saturated carbocycles. The van der Waals surface area contributed by atoms with Crippen molar-refractivity contribution >= 4 is 0 Å². The molecule has 0 aliphatic rings. The minimum atomic E-state index is 0.199. The average molecular weight is 130 g/mol. The fourth-order valence-corrected chi connectivity index (χ4v) is 0.850. The Kier molecular flexibility index (Phi) is 4.72. The molecule has 0 spiro atoms. The first-order chi connectivity index (χ1) is 4.22. The summed E-state index contributed by atoms with van der Waals surface area (Å²) in [7, 11) is 0. The molecule has 0 aromatic heterocycles. The predicted molar refractivity (Wildman–Crippen MR) is 41.1 cm³/mol. The molecule has 0 heterocycles. The summed E-state index contributed by atoms with van der Waals surface area (Å²) in [6.07, 6.45) is 3.17. The van der Waals surface area contributed by atoms with Crippen molar-refractivity contribution in [3.63, 3.8) is 0 Å². The zero-order valence-corrected chi connectivity index (χ0v) is 6.43. The van der Waals surface area contributed by atoms with Gasteiger partial charge in [0.15, 0.2) is 0 Å². The summed E-state index contributed by atoms with van der Waals surface area (Å²) in [6.45, 7) is 4.20. The quantitative estimate of drug-likeness (QED) is 0.592. The Hall–Kier alpha value is -0.0800. The van der Waals surface area contributed by atoms with E-state index >= 15 is 0 Å². The van der Waals surface area contributed by atoms with Gasteiger partial charge in [0, 0.05) is 12.1 Å². The first kappa shape index (κ1) is 8.92. The molecule has 0 rings (SSSR count). The Labute approximate surface area is 57.6 Å². The van der Waals surface area contributed by atoms with Crippen LogP contribution in [0.5, 0.6) is 0 Å². The van der Waals surface area contributed by atoms with Crippen LogP contribution < -0.4 is 11.5 Å². The van der Waals surface area contributed by atoms with Crippen molar-refractivity contribution < 1.29 is 0 Å². The van der Waals surface area contributed by atoms with Gasteiger partial charge in [0.25, 0.3) is 0 Å². The normalized spacial score (nSPS) is 17.3. The van der Waals surface area contributed by atoms with E-state index in [1.807, 2.05) is 0 Å². The van der Waals surface area contributed by atoms with Gasteiger partial charge in [-0.25, -0.2) is 0 Å². The van der Waals surface area contributed by atoms with E-state index in [-0.39, 0.29) is 12.1 Å². The largest absolute Gasteiger partial charge is 0.326 e. The van der Waals surface area contributed by atoms with Gasteiger partial charge in [0.2, 0.25) is 0 Å². The lowest BCUT2D eigenvalue weighted by Gasteiger charge is -2.16. The van der Waals surface area contributed by atoms with Gasteiger partial charge in [-0.1, -0.05) is 20.3 Å². The molecule has 2 heteroatoms. The second kappa shape index (κ2) is 4.77. The van der Waals surface area contributed by atoms with E-state index in [2.05, 4.69) is 13.8 Å². The van der Waals surface area contributed by atoms with E-state index < -0.39 is 0 Å². The lowest BCUT2D eigenvalue weighted by Crippen LogP contribution is -2.40. The van der Waals surface area contributed by atoms with Gasteiger partial charge in [-0.15, -0.1) is 0 Å².